The molecule has 0 heterocycles. The number of methoxy groups -OCH3 is 1. The van der Waals surface area contributed by atoms with E-state index in [1.54, 1.807) is 6.92 Å². The Labute approximate surface area is 120 Å². The molecule has 0 spiro atoms. The fraction of sp³-hybridized carbons (Fsp3) is 0.500. The highest BCUT2D eigenvalue weighted by Gasteiger charge is 2.26. The topological polar surface area (TPSA) is 63.7 Å². The van der Waals surface area contributed by atoms with Crippen LogP contribution in [0.3, 0.4) is 0 Å². The van der Waals surface area contributed by atoms with Crippen LogP contribution in [-0.4, -0.2) is 44.6 Å². The second kappa shape index (κ2) is 7.40. The van der Waals surface area contributed by atoms with E-state index in [0.717, 1.165) is 9.87 Å². The Balaban J connectivity index is 2.79. The highest BCUT2D eigenvalue weighted by molar-refractivity contribution is 7.89. The maximum atomic E-state index is 12.3. The Hall–Kier alpha value is -1.40. The van der Waals surface area contributed by atoms with Crippen molar-refractivity contribution in [2.24, 2.45) is 0 Å². The van der Waals surface area contributed by atoms with Gasteiger partial charge in [-0.15, -0.1) is 0 Å². The number of benzene rings is 1. The summed E-state index contributed by atoms with van der Waals surface area (Å²) in [6, 6.07) is 9.45. The molecule has 0 aliphatic heterocycles. The molecule has 0 amide bonds. The number of nitrogens with zero attached hydrogens (tertiary/aromatic N) is 1. The molecule has 0 N–H and O–H groups in total. The monoisotopic (exact) mass is 299 g/mol. The molecule has 0 aliphatic carbocycles. The SMILES string of the molecule is CCN(CC(=O)OC)S(=O)(=O)CC(C)c1ccccc1. The smallest absolute Gasteiger partial charge is 0.321 e. The first-order chi connectivity index (χ1) is 9.40. The van der Waals surface area contributed by atoms with Gasteiger partial charge in [0.1, 0.15) is 6.54 Å². The van der Waals surface area contributed by atoms with Crippen molar-refractivity contribution in [1.82, 2.24) is 4.31 Å². The maximum absolute atomic E-state index is 12.3. The first kappa shape index (κ1) is 16.7. The van der Waals surface area contributed by atoms with Gasteiger partial charge in [-0.2, -0.15) is 4.31 Å². The van der Waals surface area contributed by atoms with Gasteiger partial charge in [0.15, 0.2) is 0 Å². The van der Waals surface area contributed by atoms with Gasteiger partial charge in [0.25, 0.3) is 0 Å². The van der Waals surface area contributed by atoms with Crippen molar-refractivity contribution in [2.45, 2.75) is 19.8 Å². The van der Waals surface area contributed by atoms with Gasteiger partial charge in [-0.25, -0.2) is 8.42 Å². The van der Waals surface area contributed by atoms with E-state index in [1.165, 1.54) is 7.11 Å². The van der Waals surface area contributed by atoms with Crippen molar-refractivity contribution in [3.05, 3.63) is 35.9 Å². The van der Waals surface area contributed by atoms with E-state index in [-0.39, 0.29) is 24.8 Å². The van der Waals surface area contributed by atoms with Gasteiger partial charge in [0.2, 0.25) is 10.0 Å². The highest BCUT2D eigenvalue weighted by atomic mass is 32.2. The van der Waals surface area contributed by atoms with Crippen LogP contribution in [0, 0.1) is 0 Å². The van der Waals surface area contributed by atoms with Gasteiger partial charge in [-0.1, -0.05) is 44.2 Å². The van der Waals surface area contributed by atoms with Crippen LogP contribution in [0.2, 0.25) is 0 Å². The van der Waals surface area contributed by atoms with Crippen LogP contribution >= 0.6 is 0 Å². The van der Waals surface area contributed by atoms with E-state index in [9.17, 15) is 13.2 Å². The molecule has 1 aromatic rings. The second-order valence-electron chi connectivity index (χ2n) is 4.59. The van der Waals surface area contributed by atoms with E-state index in [0.29, 0.717) is 0 Å². The lowest BCUT2D eigenvalue weighted by atomic mass is 10.0. The average molecular weight is 299 g/mol. The zero-order valence-electron chi connectivity index (χ0n) is 12.1. The molecule has 1 aromatic carbocycles. The van der Waals surface area contributed by atoms with E-state index in [1.807, 2.05) is 37.3 Å². The fourth-order valence-electron chi connectivity index (χ4n) is 1.91. The molecule has 1 rings (SSSR count). The van der Waals surface area contributed by atoms with Crippen LogP contribution in [0.4, 0.5) is 0 Å². The van der Waals surface area contributed by atoms with Crippen LogP contribution < -0.4 is 0 Å². The zero-order chi connectivity index (χ0) is 15.2. The summed E-state index contributed by atoms with van der Waals surface area (Å²) in [5.74, 6) is -0.710. The number of carbonyl (C=O) groups excluding carboxylic acids is 1. The summed E-state index contributed by atoms with van der Waals surface area (Å²) in [5.41, 5.74) is 0.963. The van der Waals surface area contributed by atoms with Crippen LogP contribution in [0.1, 0.15) is 25.3 Å². The molecule has 0 radical (unpaired) electrons. The summed E-state index contributed by atoms with van der Waals surface area (Å²) in [4.78, 5) is 11.3. The van der Waals surface area contributed by atoms with Crippen LogP contribution in [0.15, 0.2) is 30.3 Å². The number of rotatable bonds is 7. The molecular formula is C14H21NO4S. The molecule has 1 atom stereocenters. The van der Waals surface area contributed by atoms with Crippen molar-refractivity contribution >= 4 is 16.0 Å². The summed E-state index contributed by atoms with van der Waals surface area (Å²) >= 11 is 0. The molecule has 20 heavy (non-hydrogen) atoms. The normalized spacial score (nSPS) is 13.2. The number of ether oxygens (including phenoxy) is 1. The first-order valence-electron chi connectivity index (χ1n) is 6.50. The molecule has 0 saturated carbocycles. The van der Waals surface area contributed by atoms with Gasteiger partial charge >= 0.3 is 5.97 Å². The Kier molecular flexibility index (Phi) is 6.16. The maximum Gasteiger partial charge on any atom is 0.321 e. The minimum Gasteiger partial charge on any atom is -0.468 e. The lowest BCUT2D eigenvalue weighted by molar-refractivity contribution is -0.140. The van der Waals surface area contributed by atoms with Crippen molar-refractivity contribution in [3.8, 4) is 0 Å². The van der Waals surface area contributed by atoms with Crippen molar-refractivity contribution in [2.75, 3.05) is 26.0 Å². The highest BCUT2D eigenvalue weighted by Crippen LogP contribution is 2.18. The van der Waals surface area contributed by atoms with E-state index < -0.39 is 16.0 Å². The standard InChI is InChI=1S/C14H21NO4S/c1-4-15(10-14(16)19-3)20(17,18)11-12(2)13-8-6-5-7-9-13/h5-9,12H,4,10-11H2,1-3H3. The Bertz CT molecular complexity index is 527. The number of hydrogen-bond donors (Lipinski definition) is 0. The van der Waals surface area contributed by atoms with Crippen LogP contribution in [-0.2, 0) is 19.6 Å². The minimum absolute atomic E-state index is 0.0259. The summed E-state index contributed by atoms with van der Waals surface area (Å²) < 4.78 is 30.3. The van der Waals surface area contributed by atoms with Crippen LogP contribution in [0.25, 0.3) is 0 Å². The summed E-state index contributed by atoms with van der Waals surface area (Å²) in [5, 5.41) is 0. The summed E-state index contributed by atoms with van der Waals surface area (Å²) in [6.07, 6.45) is 0. The van der Waals surface area contributed by atoms with Gasteiger partial charge in [-0.3, -0.25) is 4.79 Å². The number of sulfonamides is 1. The third kappa shape index (κ3) is 4.61. The predicted molar refractivity (Wildman–Crippen MR) is 77.9 cm³/mol. The summed E-state index contributed by atoms with van der Waals surface area (Å²) in [6.45, 7) is 3.57. The van der Waals surface area contributed by atoms with Crippen molar-refractivity contribution < 1.29 is 17.9 Å². The van der Waals surface area contributed by atoms with Crippen molar-refractivity contribution in [1.29, 1.82) is 0 Å². The molecule has 0 saturated heterocycles. The average Bonchev–Trinajstić information content (AvgIpc) is 2.44. The van der Waals surface area contributed by atoms with Gasteiger partial charge in [-0.05, 0) is 11.5 Å². The van der Waals surface area contributed by atoms with E-state index in [2.05, 4.69) is 4.74 Å². The molecule has 0 aliphatic rings. The number of hydrogen-bond acceptors (Lipinski definition) is 4. The molecule has 0 fully saturated rings. The van der Waals surface area contributed by atoms with Crippen LogP contribution in [0.5, 0.6) is 0 Å². The minimum atomic E-state index is -3.49. The second-order valence-corrected chi connectivity index (χ2v) is 6.61. The number of esters is 1. The molecule has 1 unspecified atom stereocenters. The molecular weight excluding hydrogens is 278 g/mol. The molecule has 5 nitrogen and oxygen atoms in total. The zero-order valence-corrected chi connectivity index (χ0v) is 12.9. The molecule has 6 heteroatoms. The van der Waals surface area contributed by atoms with Gasteiger partial charge < -0.3 is 4.74 Å². The molecule has 0 aromatic heterocycles. The lowest BCUT2D eigenvalue weighted by Gasteiger charge is -2.21. The first-order valence-corrected chi connectivity index (χ1v) is 8.11. The third-order valence-corrected chi connectivity index (χ3v) is 5.20. The Morgan fingerprint density at radius 2 is 1.90 bits per heavy atom. The Morgan fingerprint density at radius 1 is 1.30 bits per heavy atom. The van der Waals surface area contributed by atoms with Gasteiger partial charge in [0, 0.05) is 6.54 Å². The van der Waals surface area contributed by atoms with E-state index >= 15 is 0 Å². The van der Waals surface area contributed by atoms with Crippen molar-refractivity contribution in [3.63, 3.8) is 0 Å². The largest absolute Gasteiger partial charge is 0.468 e. The third-order valence-electron chi connectivity index (χ3n) is 3.11. The number of carbonyl (C=O) groups is 1. The predicted octanol–water partition coefficient (Wildman–Crippen LogP) is 1.61. The van der Waals surface area contributed by atoms with E-state index in [4.69, 9.17) is 0 Å². The molecule has 112 valence electrons. The molecule has 0 bridgehead atoms. The Morgan fingerprint density at radius 3 is 2.40 bits per heavy atom. The quantitative estimate of drug-likeness (QED) is 0.718. The lowest BCUT2D eigenvalue weighted by Crippen LogP contribution is -2.38. The van der Waals surface area contributed by atoms with Gasteiger partial charge in [0.05, 0.1) is 12.9 Å². The fourth-order valence-corrected chi connectivity index (χ4v) is 3.65. The summed E-state index contributed by atoms with van der Waals surface area (Å²) in [7, 11) is -2.25. The number of likely N-dealkylation sites (N-methyl/N-ethyl adjacent to an activating group) is 1.